The van der Waals surface area contributed by atoms with Gasteiger partial charge in [-0.2, -0.15) is 0 Å². The van der Waals surface area contributed by atoms with Crippen molar-refractivity contribution in [3.05, 3.63) is 35.9 Å². The molecule has 0 amide bonds. The molecule has 11 heavy (non-hydrogen) atoms. The van der Waals surface area contributed by atoms with E-state index in [4.69, 9.17) is 0 Å². The molecule has 0 aliphatic heterocycles. The Labute approximate surface area is 77.6 Å². The summed E-state index contributed by atoms with van der Waals surface area (Å²) in [6.07, 6.45) is 0. The summed E-state index contributed by atoms with van der Waals surface area (Å²) in [5.41, 5.74) is 1.32. The van der Waals surface area contributed by atoms with Crippen LogP contribution in [-0.2, 0) is 0 Å². The summed E-state index contributed by atoms with van der Waals surface area (Å²) in [5, 5.41) is 0. The second kappa shape index (κ2) is 12.3. The normalized spacial score (nSPS) is 5.55. The maximum absolute atomic E-state index is 2.08. The lowest BCUT2D eigenvalue weighted by molar-refractivity contribution is 1.11. The van der Waals surface area contributed by atoms with Gasteiger partial charge in [0.1, 0.15) is 0 Å². The van der Waals surface area contributed by atoms with Crippen LogP contribution in [0.5, 0.6) is 0 Å². The molecule has 1 aromatic rings. The molecule has 0 saturated carbocycles. The molecular weight excluding hydrogens is 193 g/mol. The number of benzene rings is 1. The summed E-state index contributed by atoms with van der Waals surface area (Å²) in [6.45, 7) is 2.08. The van der Waals surface area contributed by atoms with E-state index in [1.54, 1.807) is 0 Å². The Morgan fingerprint density at radius 2 is 1.18 bits per heavy atom. The highest BCUT2D eigenvalue weighted by Gasteiger charge is 1.72. The van der Waals surface area contributed by atoms with Gasteiger partial charge in [0.25, 0.3) is 0 Å². The first-order chi connectivity index (χ1) is 3.39. The van der Waals surface area contributed by atoms with Gasteiger partial charge in [0, 0.05) is 0 Å². The van der Waals surface area contributed by atoms with Gasteiger partial charge in [-0.25, -0.2) is 0 Å². The van der Waals surface area contributed by atoms with E-state index in [9.17, 15) is 0 Å². The van der Waals surface area contributed by atoms with Gasteiger partial charge < -0.3 is 0 Å². The lowest BCUT2D eigenvalue weighted by atomic mass is 10.2. The predicted octanol–water partition coefficient (Wildman–Crippen LogP) is 3.14. The third-order valence-corrected chi connectivity index (χ3v) is 0.940. The second-order valence-electron chi connectivity index (χ2n) is 1.65. The molecule has 0 nitrogen and oxygen atoms in total. The van der Waals surface area contributed by atoms with Gasteiger partial charge in [0.2, 0.25) is 0 Å². The molecule has 0 aromatic heterocycles. The minimum absolute atomic E-state index is 0. The van der Waals surface area contributed by atoms with Gasteiger partial charge in [-0.05, 0) is 6.92 Å². The van der Waals surface area contributed by atoms with Crippen molar-refractivity contribution in [2.75, 3.05) is 0 Å². The fourth-order valence-electron chi connectivity index (χ4n) is 0.534. The molecule has 0 atom stereocenters. The highest BCUT2D eigenvalue weighted by molar-refractivity contribution is 5.85. The monoisotopic (exact) mass is 204 g/mol. The van der Waals surface area contributed by atoms with Gasteiger partial charge in [0.15, 0.2) is 0 Å². The lowest BCUT2D eigenvalue weighted by Gasteiger charge is -1.82. The van der Waals surface area contributed by atoms with Crippen molar-refractivity contribution >= 4 is 24.8 Å². The largest absolute Gasteiger partial charge is 0.269 e. The first-order valence-electron chi connectivity index (χ1n) is 2.41. The Hall–Kier alpha value is -0.340. The SMILES string of the molecule is Cc1ccccc1.Cl.Cl.F.F. The van der Waals surface area contributed by atoms with Crippen LogP contribution in [0.1, 0.15) is 5.56 Å². The zero-order chi connectivity index (χ0) is 5.11. The fraction of sp³-hybridized carbons (Fsp3) is 0.143. The molecule has 1 rings (SSSR count). The van der Waals surface area contributed by atoms with Crippen LogP contribution in [0.2, 0.25) is 0 Å². The molecule has 0 spiro atoms. The van der Waals surface area contributed by atoms with E-state index in [1.165, 1.54) is 5.56 Å². The van der Waals surface area contributed by atoms with Crippen LogP contribution < -0.4 is 0 Å². The highest BCUT2D eigenvalue weighted by atomic mass is 35.5. The van der Waals surface area contributed by atoms with Crippen LogP contribution in [0.4, 0.5) is 9.41 Å². The van der Waals surface area contributed by atoms with Crippen molar-refractivity contribution < 1.29 is 9.41 Å². The van der Waals surface area contributed by atoms with Crippen molar-refractivity contribution in [3.8, 4) is 0 Å². The van der Waals surface area contributed by atoms with Crippen LogP contribution in [0.15, 0.2) is 30.3 Å². The third-order valence-electron chi connectivity index (χ3n) is 0.940. The summed E-state index contributed by atoms with van der Waals surface area (Å²) in [7, 11) is 0. The van der Waals surface area contributed by atoms with Crippen molar-refractivity contribution in [1.29, 1.82) is 0 Å². The lowest BCUT2D eigenvalue weighted by Crippen LogP contribution is -1.62. The van der Waals surface area contributed by atoms with E-state index in [1.807, 2.05) is 18.2 Å². The van der Waals surface area contributed by atoms with E-state index in [0.29, 0.717) is 0 Å². The number of rotatable bonds is 0. The Kier molecular flexibility index (Phi) is 25.2. The summed E-state index contributed by atoms with van der Waals surface area (Å²) in [4.78, 5) is 0. The Morgan fingerprint density at radius 1 is 0.818 bits per heavy atom. The number of hydrogen-bond donors (Lipinski definition) is 0. The van der Waals surface area contributed by atoms with E-state index >= 15 is 0 Å². The molecule has 4 heteroatoms. The summed E-state index contributed by atoms with van der Waals surface area (Å²) >= 11 is 0. The highest BCUT2D eigenvalue weighted by Crippen LogP contribution is 1.92. The zero-order valence-corrected chi connectivity index (χ0v) is 7.65. The van der Waals surface area contributed by atoms with Crippen LogP contribution in [-0.4, -0.2) is 0 Å². The van der Waals surface area contributed by atoms with Crippen LogP contribution in [0.25, 0.3) is 0 Å². The quantitative estimate of drug-likeness (QED) is 0.610. The molecule has 0 bridgehead atoms. The van der Waals surface area contributed by atoms with Gasteiger partial charge in [-0.15, -0.1) is 24.8 Å². The Bertz CT molecular complexity index is 144. The van der Waals surface area contributed by atoms with E-state index in [0.717, 1.165) is 0 Å². The van der Waals surface area contributed by atoms with Crippen LogP contribution >= 0.6 is 24.8 Å². The average molecular weight is 205 g/mol. The number of hydrogen-bond acceptors (Lipinski definition) is 0. The first-order valence-corrected chi connectivity index (χ1v) is 2.41. The zero-order valence-electron chi connectivity index (χ0n) is 6.02. The fourth-order valence-corrected chi connectivity index (χ4v) is 0.534. The Morgan fingerprint density at radius 3 is 1.36 bits per heavy atom. The van der Waals surface area contributed by atoms with E-state index in [2.05, 4.69) is 19.1 Å². The van der Waals surface area contributed by atoms with Gasteiger partial charge in [-0.3, -0.25) is 9.41 Å². The number of aryl methyl sites for hydroxylation is 1. The van der Waals surface area contributed by atoms with Crippen molar-refractivity contribution in [1.82, 2.24) is 0 Å². The molecule has 0 fully saturated rings. The summed E-state index contributed by atoms with van der Waals surface area (Å²) < 4.78 is 0. The van der Waals surface area contributed by atoms with Gasteiger partial charge >= 0.3 is 0 Å². The number of halogens is 4. The summed E-state index contributed by atoms with van der Waals surface area (Å²) in [6, 6.07) is 10.3. The smallest absolute Gasteiger partial charge is 0.0398 e. The Balaban J connectivity index is -0.0000000612. The van der Waals surface area contributed by atoms with E-state index in [-0.39, 0.29) is 34.2 Å². The van der Waals surface area contributed by atoms with Gasteiger partial charge in [0.05, 0.1) is 0 Å². The molecule has 0 N–H and O–H groups in total. The molecule has 68 valence electrons. The van der Waals surface area contributed by atoms with Crippen molar-refractivity contribution in [3.63, 3.8) is 0 Å². The third kappa shape index (κ3) is 9.66. The standard InChI is InChI=1S/C7H8.2ClH.2FH/c1-7-5-3-2-4-6-7;;;;/h2-6H,1H3;4*1H. The van der Waals surface area contributed by atoms with Crippen LogP contribution in [0, 0.1) is 6.92 Å². The topological polar surface area (TPSA) is 0 Å². The molecule has 0 aliphatic carbocycles. The maximum Gasteiger partial charge on any atom is -0.0398 e. The van der Waals surface area contributed by atoms with E-state index < -0.39 is 0 Å². The predicted molar refractivity (Wildman–Crippen MR) is 50.7 cm³/mol. The van der Waals surface area contributed by atoms with Crippen molar-refractivity contribution in [2.45, 2.75) is 6.92 Å². The maximum atomic E-state index is 2.08. The minimum atomic E-state index is 0. The second-order valence-corrected chi connectivity index (χ2v) is 1.65. The van der Waals surface area contributed by atoms with Crippen LogP contribution in [0.3, 0.4) is 0 Å². The molecule has 0 saturated heterocycles. The molecule has 0 heterocycles. The summed E-state index contributed by atoms with van der Waals surface area (Å²) in [5.74, 6) is 0. The van der Waals surface area contributed by atoms with Crippen molar-refractivity contribution in [2.24, 2.45) is 0 Å². The molecule has 0 radical (unpaired) electrons. The van der Waals surface area contributed by atoms with Gasteiger partial charge in [-0.1, -0.05) is 35.9 Å². The first kappa shape index (κ1) is 22.4. The molecule has 0 unspecified atom stereocenters. The molecule has 0 aliphatic rings. The average Bonchev–Trinajstić information content (AvgIpc) is 1.69. The molecular formula is C7H12Cl2F2. The molecule has 1 aromatic carbocycles. The minimum Gasteiger partial charge on any atom is -0.269 e.